The van der Waals surface area contributed by atoms with Gasteiger partial charge in [-0.15, -0.1) is 0 Å². The van der Waals surface area contributed by atoms with Crippen molar-refractivity contribution in [3.05, 3.63) is 70.5 Å². The Hall–Kier alpha value is -2.66. The van der Waals surface area contributed by atoms with Crippen molar-refractivity contribution >= 4 is 5.97 Å². The lowest BCUT2D eigenvalue weighted by Gasteiger charge is -2.32. The number of halogens is 7. The number of esters is 1. The van der Waals surface area contributed by atoms with E-state index >= 15 is 0 Å². The van der Waals surface area contributed by atoms with Crippen LogP contribution in [0.5, 0.6) is 0 Å². The van der Waals surface area contributed by atoms with Crippen LogP contribution in [0.25, 0.3) is 0 Å². The molecule has 0 N–H and O–H groups in total. The fourth-order valence-corrected chi connectivity index (χ4v) is 4.98. The molecule has 3 rings (SSSR count). The van der Waals surface area contributed by atoms with E-state index in [0.29, 0.717) is 37.9 Å². The summed E-state index contributed by atoms with van der Waals surface area (Å²) in [7, 11) is 3.22. The highest BCUT2D eigenvalue weighted by atomic mass is 19.4. The molecule has 1 aliphatic carbocycles. The van der Waals surface area contributed by atoms with Gasteiger partial charge in [0.1, 0.15) is 5.82 Å². The molecule has 38 heavy (non-hydrogen) atoms. The van der Waals surface area contributed by atoms with Crippen LogP contribution in [-0.4, -0.2) is 50.3 Å². The zero-order chi connectivity index (χ0) is 28.1. The van der Waals surface area contributed by atoms with Crippen molar-refractivity contribution in [1.82, 2.24) is 4.90 Å². The minimum atomic E-state index is -4.92. The maximum atomic E-state index is 13.6. The standard InChI is InChI=1S/C27H30F7NO3/c1-35(12-3-4-24(36)37-2)22-9-10-23(25(22)18-5-7-21(28)8-6-18)38-13-11-17-14-19(26(29,30)31)16-20(15-17)27(32,33)34/h5-8,14-16,22-23,25H,3-4,9-13H2,1-2H3. The summed E-state index contributed by atoms with van der Waals surface area (Å²) in [4.78, 5) is 13.5. The molecule has 0 bridgehead atoms. The normalized spacial score (nSPS) is 20.2. The number of ether oxygens (including phenoxy) is 2. The lowest BCUT2D eigenvalue weighted by atomic mass is 9.91. The Labute approximate surface area is 216 Å². The molecule has 1 aliphatic rings. The van der Waals surface area contributed by atoms with Crippen LogP contribution >= 0.6 is 0 Å². The summed E-state index contributed by atoms with van der Waals surface area (Å²) >= 11 is 0. The van der Waals surface area contributed by atoms with Gasteiger partial charge in [-0.3, -0.25) is 4.79 Å². The van der Waals surface area contributed by atoms with Gasteiger partial charge in [-0.25, -0.2) is 4.39 Å². The Balaban J connectivity index is 1.73. The van der Waals surface area contributed by atoms with E-state index in [1.54, 1.807) is 12.1 Å². The van der Waals surface area contributed by atoms with Crippen LogP contribution < -0.4 is 0 Å². The van der Waals surface area contributed by atoms with Crippen LogP contribution in [0.4, 0.5) is 30.7 Å². The van der Waals surface area contributed by atoms with E-state index in [-0.39, 0.29) is 55.1 Å². The first-order chi connectivity index (χ1) is 17.8. The molecule has 0 heterocycles. The van der Waals surface area contributed by atoms with Crippen molar-refractivity contribution in [1.29, 1.82) is 0 Å². The van der Waals surface area contributed by atoms with Gasteiger partial charge in [0.15, 0.2) is 0 Å². The molecule has 2 aromatic rings. The summed E-state index contributed by atoms with van der Waals surface area (Å²) in [5.74, 6) is -0.924. The molecule has 0 aromatic heterocycles. The van der Waals surface area contributed by atoms with Gasteiger partial charge in [0.2, 0.25) is 0 Å². The van der Waals surface area contributed by atoms with Crippen LogP contribution in [0.3, 0.4) is 0 Å². The van der Waals surface area contributed by atoms with Crippen molar-refractivity contribution in [2.24, 2.45) is 0 Å². The van der Waals surface area contributed by atoms with Gasteiger partial charge in [0.25, 0.3) is 0 Å². The number of hydrogen-bond donors (Lipinski definition) is 0. The maximum absolute atomic E-state index is 13.6. The summed E-state index contributed by atoms with van der Waals surface area (Å²) in [6, 6.07) is 7.48. The summed E-state index contributed by atoms with van der Waals surface area (Å²) in [5.41, 5.74) is -2.03. The van der Waals surface area contributed by atoms with E-state index in [9.17, 15) is 35.5 Å². The monoisotopic (exact) mass is 549 g/mol. The second kappa shape index (κ2) is 12.5. The third-order valence-corrected chi connectivity index (χ3v) is 6.87. The second-order valence-corrected chi connectivity index (χ2v) is 9.46. The van der Waals surface area contributed by atoms with Gasteiger partial charge in [-0.1, -0.05) is 12.1 Å². The van der Waals surface area contributed by atoms with E-state index < -0.39 is 29.3 Å². The quantitative estimate of drug-likeness (QED) is 0.247. The Kier molecular flexibility index (Phi) is 9.80. The minimum Gasteiger partial charge on any atom is -0.469 e. The summed E-state index contributed by atoms with van der Waals surface area (Å²) in [5, 5.41) is 0. The molecule has 210 valence electrons. The number of rotatable bonds is 10. The lowest BCUT2D eigenvalue weighted by Crippen LogP contribution is -2.37. The highest BCUT2D eigenvalue weighted by molar-refractivity contribution is 5.69. The first-order valence-corrected chi connectivity index (χ1v) is 12.2. The van der Waals surface area contributed by atoms with E-state index in [2.05, 4.69) is 9.64 Å². The largest absolute Gasteiger partial charge is 0.469 e. The first kappa shape index (κ1) is 29.9. The number of nitrogens with zero attached hydrogens (tertiary/aromatic N) is 1. The Bertz CT molecular complexity index is 1040. The molecule has 1 fully saturated rings. The zero-order valence-corrected chi connectivity index (χ0v) is 21.0. The van der Waals surface area contributed by atoms with Crippen molar-refractivity contribution in [3.8, 4) is 0 Å². The third-order valence-electron chi connectivity index (χ3n) is 6.87. The molecule has 0 radical (unpaired) electrons. The fraction of sp³-hybridized carbons (Fsp3) is 0.519. The second-order valence-electron chi connectivity index (χ2n) is 9.46. The van der Waals surface area contributed by atoms with Crippen LogP contribution in [0.15, 0.2) is 42.5 Å². The van der Waals surface area contributed by atoms with E-state index in [4.69, 9.17) is 4.74 Å². The van der Waals surface area contributed by atoms with E-state index in [1.807, 2.05) is 7.05 Å². The SMILES string of the molecule is COC(=O)CCCN(C)C1CCC(OCCc2cc(C(F)(F)F)cc(C(F)(F)F)c2)C1c1ccc(F)cc1. The zero-order valence-electron chi connectivity index (χ0n) is 21.0. The number of likely N-dealkylation sites (N-methyl/N-ethyl adjacent to an activating group) is 1. The number of methoxy groups -OCH3 is 1. The maximum Gasteiger partial charge on any atom is 0.416 e. The minimum absolute atomic E-state index is 0.0199. The Morgan fingerprint density at radius 2 is 1.58 bits per heavy atom. The van der Waals surface area contributed by atoms with Crippen molar-refractivity contribution in [3.63, 3.8) is 0 Å². The summed E-state index contributed by atoms with van der Waals surface area (Å²) < 4.78 is 103. The smallest absolute Gasteiger partial charge is 0.416 e. The number of carbonyl (C=O) groups is 1. The van der Waals surface area contributed by atoms with Crippen molar-refractivity contribution < 1.29 is 45.0 Å². The molecule has 2 aromatic carbocycles. The predicted octanol–water partition coefficient (Wildman–Crippen LogP) is 6.62. The van der Waals surface area contributed by atoms with E-state index in [1.165, 1.54) is 19.2 Å². The highest BCUT2D eigenvalue weighted by Gasteiger charge is 2.40. The Morgan fingerprint density at radius 1 is 0.974 bits per heavy atom. The van der Waals surface area contributed by atoms with Gasteiger partial charge < -0.3 is 14.4 Å². The topological polar surface area (TPSA) is 38.8 Å². The number of hydrogen-bond acceptors (Lipinski definition) is 4. The van der Waals surface area contributed by atoms with Gasteiger partial charge in [0, 0.05) is 18.4 Å². The van der Waals surface area contributed by atoms with Gasteiger partial charge in [-0.2, -0.15) is 26.3 Å². The predicted molar refractivity (Wildman–Crippen MR) is 126 cm³/mol. The van der Waals surface area contributed by atoms with Crippen LogP contribution in [0.1, 0.15) is 53.9 Å². The number of benzene rings is 2. The van der Waals surface area contributed by atoms with Crippen LogP contribution in [0, 0.1) is 5.82 Å². The molecule has 0 spiro atoms. The third kappa shape index (κ3) is 7.92. The molecular weight excluding hydrogens is 519 g/mol. The average Bonchev–Trinajstić information content (AvgIpc) is 3.27. The van der Waals surface area contributed by atoms with Gasteiger partial charge in [0.05, 0.1) is 30.9 Å². The molecule has 4 nitrogen and oxygen atoms in total. The molecule has 3 atom stereocenters. The molecule has 0 saturated heterocycles. The van der Waals surface area contributed by atoms with Gasteiger partial charge >= 0.3 is 18.3 Å². The highest BCUT2D eigenvalue weighted by Crippen LogP contribution is 2.40. The summed E-state index contributed by atoms with van der Waals surface area (Å²) in [6.07, 6.45) is -8.21. The van der Waals surface area contributed by atoms with Crippen LogP contribution in [-0.2, 0) is 33.0 Å². The number of carbonyl (C=O) groups excluding carboxylic acids is 1. The van der Waals surface area contributed by atoms with Crippen molar-refractivity contribution in [2.75, 3.05) is 27.3 Å². The Morgan fingerprint density at radius 3 is 2.13 bits per heavy atom. The van der Waals surface area contributed by atoms with E-state index in [0.717, 1.165) is 5.56 Å². The first-order valence-electron chi connectivity index (χ1n) is 12.2. The molecule has 0 aliphatic heterocycles. The van der Waals surface area contributed by atoms with Crippen LogP contribution in [0.2, 0.25) is 0 Å². The molecular formula is C27H30F7NO3. The number of alkyl halides is 6. The molecule has 11 heteroatoms. The molecule has 0 amide bonds. The fourth-order valence-electron chi connectivity index (χ4n) is 4.98. The lowest BCUT2D eigenvalue weighted by molar-refractivity contribution is -0.143. The van der Waals surface area contributed by atoms with Crippen molar-refractivity contribution in [2.45, 2.75) is 62.5 Å². The average molecular weight is 550 g/mol. The molecule has 3 unspecified atom stereocenters. The summed E-state index contributed by atoms with van der Waals surface area (Å²) in [6.45, 7) is 0.508. The molecule has 1 saturated carbocycles. The van der Waals surface area contributed by atoms with Gasteiger partial charge in [-0.05, 0) is 80.7 Å².